The first-order chi connectivity index (χ1) is 11.5. The van der Waals surface area contributed by atoms with Crippen molar-refractivity contribution in [3.63, 3.8) is 0 Å². The van der Waals surface area contributed by atoms with Crippen LogP contribution in [0, 0.1) is 0 Å². The largest absolute Gasteiger partial charge is 0.450 e. The number of benzene rings is 1. The molecule has 1 aliphatic rings. The summed E-state index contributed by atoms with van der Waals surface area (Å²) in [4.78, 5) is 27.5. The second-order valence-electron chi connectivity index (χ2n) is 5.45. The Morgan fingerprint density at radius 3 is 2.50 bits per heavy atom. The van der Waals surface area contributed by atoms with E-state index in [-0.39, 0.29) is 12.0 Å². The maximum absolute atomic E-state index is 12.0. The SMILES string of the molecule is CCOC(=O)N1CCN(CCC(=O)Nc2ccc(Cl)c(Cl)c2)CC1. The van der Waals surface area contributed by atoms with Crippen LogP contribution in [0.15, 0.2) is 18.2 Å². The van der Waals surface area contributed by atoms with Gasteiger partial charge in [-0.2, -0.15) is 0 Å². The molecule has 8 heteroatoms. The van der Waals surface area contributed by atoms with Crippen molar-refractivity contribution < 1.29 is 14.3 Å². The van der Waals surface area contributed by atoms with Crippen molar-refractivity contribution in [3.05, 3.63) is 28.2 Å². The Balaban J connectivity index is 1.71. The van der Waals surface area contributed by atoms with Crippen molar-refractivity contribution in [2.75, 3.05) is 44.6 Å². The van der Waals surface area contributed by atoms with Crippen LogP contribution in [0.5, 0.6) is 0 Å². The molecule has 1 aliphatic heterocycles. The van der Waals surface area contributed by atoms with E-state index < -0.39 is 0 Å². The first-order valence-electron chi connectivity index (χ1n) is 7.88. The van der Waals surface area contributed by atoms with Gasteiger partial charge in [0.15, 0.2) is 0 Å². The fraction of sp³-hybridized carbons (Fsp3) is 0.500. The van der Waals surface area contributed by atoms with E-state index >= 15 is 0 Å². The molecular formula is C16H21Cl2N3O3. The smallest absolute Gasteiger partial charge is 0.409 e. The first kappa shape index (κ1) is 18.8. The van der Waals surface area contributed by atoms with Crippen molar-refractivity contribution in [2.45, 2.75) is 13.3 Å². The van der Waals surface area contributed by atoms with Gasteiger partial charge < -0.3 is 15.0 Å². The number of nitrogens with one attached hydrogen (secondary N) is 1. The molecule has 1 aromatic rings. The van der Waals surface area contributed by atoms with Crippen molar-refractivity contribution in [3.8, 4) is 0 Å². The molecule has 0 aliphatic carbocycles. The van der Waals surface area contributed by atoms with Crippen LogP contribution >= 0.6 is 23.2 Å². The number of ether oxygens (including phenoxy) is 1. The van der Waals surface area contributed by atoms with E-state index in [1.54, 1.807) is 30.0 Å². The predicted molar refractivity (Wildman–Crippen MR) is 94.7 cm³/mol. The minimum Gasteiger partial charge on any atom is -0.450 e. The average molecular weight is 374 g/mol. The first-order valence-corrected chi connectivity index (χ1v) is 8.64. The molecule has 2 rings (SSSR count). The third kappa shape index (κ3) is 5.54. The van der Waals surface area contributed by atoms with Gasteiger partial charge in [-0.15, -0.1) is 0 Å². The number of carbonyl (C=O) groups is 2. The summed E-state index contributed by atoms with van der Waals surface area (Å²) in [6, 6.07) is 4.98. The van der Waals surface area contributed by atoms with Crippen LogP contribution in [-0.2, 0) is 9.53 Å². The summed E-state index contributed by atoms with van der Waals surface area (Å²) in [7, 11) is 0. The quantitative estimate of drug-likeness (QED) is 0.861. The Labute approximate surface area is 151 Å². The van der Waals surface area contributed by atoms with E-state index in [1.165, 1.54) is 0 Å². The fourth-order valence-corrected chi connectivity index (χ4v) is 2.72. The Hall–Kier alpha value is -1.50. The van der Waals surface area contributed by atoms with E-state index in [4.69, 9.17) is 27.9 Å². The van der Waals surface area contributed by atoms with E-state index in [0.29, 0.717) is 48.4 Å². The highest BCUT2D eigenvalue weighted by molar-refractivity contribution is 6.42. The summed E-state index contributed by atoms with van der Waals surface area (Å²) in [5.41, 5.74) is 0.626. The van der Waals surface area contributed by atoms with Gasteiger partial charge in [-0.3, -0.25) is 9.69 Å². The Kier molecular flexibility index (Phi) is 7.15. The molecule has 0 bridgehead atoms. The molecule has 1 saturated heterocycles. The van der Waals surface area contributed by atoms with Gasteiger partial charge in [0.1, 0.15) is 0 Å². The number of halogens is 2. The minimum absolute atomic E-state index is 0.0822. The molecule has 1 heterocycles. The Bertz CT molecular complexity index is 590. The lowest BCUT2D eigenvalue weighted by molar-refractivity contribution is -0.116. The maximum atomic E-state index is 12.0. The molecule has 0 aromatic heterocycles. The molecule has 0 unspecified atom stereocenters. The lowest BCUT2D eigenvalue weighted by Crippen LogP contribution is -2.49. The number of amides is 2. The monoisotopic (exact) mass is 373 g/mol. The molecule has 2 amide bonds. The minimum atomic E-state index is -0.269. The van der Waals surface area contributed by atoms with Gasteiger partial charge in [-0.05, 0) is 25.1 Å². The van der Waals surface area contributed by atoms with Gasteiger partial charge in [0, 0.05) is 44.8 Å². The number of hydrogen-bond donors (Lipinski definition) is 1. The third-order valence-corrected chi connectivity index (χ3v) is 4.50. The van der Waals surface area contributed by atoms with Gasteiger partial charge in [-0.25, -0.2) is 4.79 Å². The summed E-state index contributed by atoms with van der Waals surface area (Å²) in [5, 5.41) is 3.66. The maximum Gasteiger partial charge on any atom is 0.409 e. The van der Waals surface area contributed by atoms with E-state index in [9.17, 15) is 9.59 Å². The zero-order chi connectivity index (χ0) is 17.5. The highest BCUT2D eigenvalue weighted by atomic mass is 35.5. The molecule has 1 aromatic carbocycles. The molecule has 132 valence electrons. The number of rotatable bonds is 5. The van der Waals surface area contributed by atoms with Crippen LogP contribution < -0.4 is 5.32 Å². The number of anilines is 1. The van der Waals surface area contributed by atoms with Crippen molar-refractivity contribution >= 4 is 40.9 Å². The number of piperazine rings is 1. The molecule has 6 nitrogen and oxygen atoms in total. The van der Waals surface area contributed by atoms with Gasteiger partial charge in [0.05, 0.1) is 16.7 Å². The Morgan fingerprint density at radius 2 is 1.88 bits per heavy atom. The van der Waals surface area contributed by atoms with E-state index in [1.807, 2.05) is 0 Å². The summed E-state index contributed by atoms with van der Waals surface area (Å²) in [5.74, 6) is -0.0822. The Morgan fingerprint density at radius 1 is 1.17 bits per heavy atom. The predicted octanol–water partition coefficient (Wildman–Crippen LogP) is 3.10. The summed E-state index contributed by atoms with van der Waals surface area (Å²) >= 11 is 11.8. The van der Waals surface area contributed by atoms with Gasteiger partial charge in [0.2, 0.25) is 5.91 Å². The second kappa shape index (κ2) is 9.11. The normalized spacial score (nSPS) is 15.2. The molecular weight excluding hydrogens is 353 g/mol. The number of carbonyl (C=O) groups excluding carboxylic acids is 2. The molecule has 0 atom stereocenters. The van der Waals surface area contributed by atoms with Gasteiger partial charge in [0.25, 0.3) is 0 Å². The molecule has 0 saturated carbocycles. The standard InChI is InChI=1S/C16H21Cl2N3O3/c1-2-24-16(23)21-9-7-20(8-10-21)6-5-15(22)19-12-3-4-13(17)14(18)11-12/h3-4,11H,2,5-10H2,1H3,(H,19,22). The number of hydrogen-bond acceptors (Lipinski definition) is 4. The molecule has 24 heavy (non-hydrogen) atoms. The van der Waals surface area contributed by atoms with E-state index in [2.05, 4.69) is 10.2 Å². The van der Waals surface area contributed by atoms with E-state index in [0.717, 1.165) is 13.1 Å². The third-order valence-electron chi connectivity index (χ3n) is 3.76. The van der Waals surface area contributed by atoms with Crippen LogP contribution in [-0.4, -0.2) is 61.1 Å². The fourth-order valence-electron chi connectivity index (χ4n) is 2.43. The number of nitrogens with zero attached hydrogens (tertiary/aromatic N) is 2. The average Bonchev–Trinajstić information content (AvgIpc) is 2.57. The lowest BCUT2D eigenvalue weighted by atomic mass is 10.2. The highest BCUT2D eigenvalue weighted by Gasteiger charge is 2.22. The summed E-state index contributed by atoms with van der Waals surface area (Å²) in [6.45, 7) is 5.52. The topological polar surface area (TPSA) is 61.9 Å². The van der Waals surface area contributed by atoms with Crippen LogP contribution in [0.1, 0.15) is 13.3 Å². The highest BCUT2D eigenvalue weighted by Crippen LogP contribution is 2.25. The van der Waals surface area contributed by atoms with Gasteiger partial charge in [-0.1, -0.05) is 23.2 Å². The van der Waals surface area contributed by atoms with Crippen LogP contribution in [0.3, 0.4) is 0 Å². The molecule has 1 N–H and O–H groups in total. The summed E-state index contributed by atoms with van der Waals surface area (Å²) in [6.07, 6.45) is 0.106. The summed E-state index contributed by atoms with van der Waals surface area (Å²) < 4.78 is 4.98. The second-order valence-corrected chi connectivity index (χ2v) is 6.27. The van der Waals surface area contributed by atoms with Crippen molar-refractivity contribution in [1.29, 1.82) is 0 Å². The lowest BCUT2D eigenvalue weighted by Gasteiger charge is -2.33. The zero-order valence-electron chi connectivity index (χ0n) is 13.6. The zero-order valence-corrected chi connectivity index (χ0v) is 15.1. The molecule has 0 spiro atoms. The van der Waals surface area contributed by atoms with Crippen molar-refractivity contribution in [2.24, 2.45) is 0 Å². The van der Waals surface area contributed by atoms with Gasteiger partial charge >= 0.3 is 6.09 Å². The molecule has 1 fully saturated rings. The van der Waals surface area contributed by atoms with Crippen molar-refractivity contribution in [1.82, 2.24) is 9.80 Å². The van der Waals surface area contributed by atoms with Crippen LogP contribution in [0.2, 0.25) is 10.0 Å². The van der Waals surface area contributed by atoms with Crippen LogP contribution in [0.4, 0.5) is 10.5 Å². The molecule has 0 radical (unpaired) electrons. The van der Waals surface area contributed by atoms with Crippen LogP contribution in [0.25, 0.3) is 0 Å².